The summed E-state index contributed by atoms with van der Waals surface area (Å²) >= 11 is 0. The first kappa shape index (κ1) is 25.5. The Hall–Kier alpha value is -4.11. The van der Waals surface area contributed by atoms with Gasteiger partial charge < -0.3 is 14.5 Å². The first-order valence-corrected chi connectivity index (χ1v) is 14.1. The van der Waals surface area contributed by atoms with Gasteiger partial charge in [0.15, 0.2) is 0 Å². The number of amides is 1. The molecule has 0 aliphatic carbocycles. The maximum absolute atomic E-state index is 13.2. The highest BCUT2D eigenvalue weighted by molar-refractivity contribution is 7.92. The van der Waals surface area contributed by atoms with Crippen molar-refractivity contribution >= 4 is 38.2 Å². The van der Waals surface area contributed by atoms with Crippen molar-refractivity contribution < 1.29 is 26.8 Å². The Morgan fingerprint density at radius 2 is 1.76 bits per heavy atom. The van der Waals surface area contributed by atoms with Gasteiger partial charge in [-0.15, -0.1) is 0 Å². The maximum atomic E-state index is 13.2. The van der Waals surface area contributed by atoms with Crippen molar-refractivity contribution in [3.8, 4) is 22.8 Å². The second-order valence-electron chi connectivity index (χ2n) is 9.15. The zero-order valence-corrected chi connectivity index (χ0v) is 21.9. The van der Waals surface area contributed by atoms with Crippen molar-refractivity contribution in [1.29, 1.82) is 0 Å². The minimum absolute atomic E-state index is 0.299. The second kappa shape index (κ2) is 9.98. The topological polar surface area (TPSA) is 88.8 Å². The molecule has 1 aliphatic heterocycles. The Kier molecular flexibility index (Phi) is 6.71. The van der Waals surface area contributed by atoms with Crippen molar-refractivity contribution in [2.24, 2.45) is 0 Å². The van der Waals surface area contributed by atoms with Gasteiger partial charge >= 0.3 is 0 Å². The fourth-order valence-corrected chi connectivity index (χ4v) is 5.62. The van der Waals surface area contributed by atoms with Crippen LogP contribution in [0.5, 0.6) is 11.5 Å². The number of nitrogens with zero attached hydrogens (tertiary/aromatic N) is 1. The lowest BCUT2D eigenvalue weighted by Crippen LogP contribution is -2.30. The van der Waals surface area contributed by atoms with Gasteiger partial charge in [-0.25, -0.2) is 12.8 Å². The molecule has 3 aromatic carbocycles. The van der Waals surface area contributed by atoms with Crippen molar-refractivity contribution in [1.82, 2.24) is 5.32 Å². The number of benzene rings is 3. The number of anilines is 1. The summed E-state index contributed by atoms with van der Waals surface area (Å²) in [6.07, 6.45) is 2.46. The molecule has 2 heterocycles. The standard InChI is InChI=1S/C29H27FN2O5S/c1-4-31-29(33)27-24-16-23-18(2)6-5-15-32(38(3,34)35)25(23)17-26(24)37-28(27)19-7-11-21(12-8-19)36-22-13-9-20(30)10-14-22/h7-14,16-17H,2,4-6,15H2,1,3H3,(H,31,33). The van der Waals surface area contributed by atoms with E-state index in [0.717, 1.165) is 5.57 Å². The SMILES string of the molecule is C=C1CCCN(S(C)(=O)=O)c2cc3oc(-c4ccc(Oc5ccc(F)cc5)cc4)c(C(=O)NCC)c3cc21. The Bertz CT molecular complexity index is 1640. The Labute approximate surface area is 220 Å². The van der Waals surface area contributed by atoms with E-state index in [9.17, 15) is 17.6 Å². The number of ether oxygens (including phenoxy) is 1. The summed E-state index contributed by atoms with van der Waals surface area (Å²) < 4.78 is 51.7. The van der Waals surface area contributed by atoms with E-state index in [4.69, 9.17) is 9.15 Å². The maximum Gasteiger partial charge on any atom is 0.255 e. The van der Waals surface area contributed by atoms with E-state index in [-0.39, 0.29) is 11.7 Å². The van der Waals surface area contributed by atoms with Gasteiger partial charge in [0, 0.05) is 35.7 Å². The Balaban J connectivity index is 1.62. The van der Waals surface area contributed by atoms with Crippen molar-refractivity contribution in [3.63, 3.8) is 0 Å². The predicted molar refractivity (Wildman–Crippen MR) is 147 cm³/mol. The third-order valence-electron chi connectivity index (χ3n) is 6.43. The van der Waals surface area contributed by atoms with Gasteiger partial charge in [-0.05, 0) is 79.9 Å². The zero-order valence-electron chi connectivity index (χ0n) is 21.1. The van der Waals surface area contributed by atoms with Crippen LogP contribution in [0.15, 0.2) is 71.7 Å². The van der Waals surface area contributed by atoms with Gasteiger partial charge in [0.1, 0.15) is 28.7 Å². The summed E-state index contributed by atoms with van der Waals surface area (Å²) in [6, 6.07) is 16.2. The fraction of sp³-hybridized carbons (Fsp3) is 0.207. The highest BCUT2D eigenvalue weighted by atomic mass is 32.2. The summed E-state index contributed by atoms with van der Waals surface area (Å²) in [5.41, 5.74) is 3.38. The molecule has 0 atom stereocenters. The molecule has 0 unspecified atom stereocenters. The molecule has 0 saturated heterocycles. The van der Waals surface area contributed by atoms with Crippen molar-refractivity contribution in [3.05, 3.63) is 84.2 Å². The largest absolute Gasteiger partial charge is 0.457 e. The molecule has 0 bridgehead atoms. The molecule has 0 radical (unpaired) electrons. The Morgan fingerprint density at radius 1 is 1.11 bits per heavy atom. The van der Waals surface area contributed by atoms with Crippen LogP contribution in [0.4, 0.5) is 10.1 Å². The molecule has 5 rings (SSSR count). The number of fused-ring (bicyclic) bond motifs is 2. The van der Waals surface area contributed by atoms with Crippen LogP contribution in [0.1, 0.15) is 35.7 Å². The van der Waals surface area contributed by atoms with Crippen LogP contribution in [-0.2, 0) is 10.0 Å². The van der Waals surface area contributed by atoms with Gasteiger partial charge in [0.2, 0.25) is 10.0 Å². The molecule has 38 heavy (non-hydrogen) atoms. The third kappa shape index (κ3) is 4.89. The van der Waals surface area contributed by atoms with E-state index in [1.165, 1.54) is 34.8 Å². The van der Waals surface area contributed by atoms with Gasteiger partial charge in [-0.1, -0.05) is 6.58 Å². The molecule has 1 amide bonds. The average Bonchev–Trinajstić information content (AvgIpc) is 3.16. The summed E-state index contributed by atoms with van der Waals surface area (Å²) in [5, 5.41) is 3.43. The number of furan rings is 1. The van der Waals surface area contributed by atoms with Crippen LogP contribution in [0.2, 0.25) is 0 Å². The van der Waals surface area contributed by atoms with E-state index < -0.39 is 10.0 Å². The lowest BCUT2D eigenvalue weighted by atomic mass is 9.98. The highest BCUT2D eigenvalue weighted by Crippen LogP contribution is 2.42. The van der Waals surface area contributed by atoms with Crippen LogP contribution in [0.25, 0.3) is 27.9 Å². The van der Waals surface area contributed by atoms with E-state index in [1.54, 1.807) is 36.4 Å². The molecule has 0 fully saturated rings. The molecule has 1 aliphatic rings. The average molecular weight is 535 g/mol. The molecular weight excluding hydrogens is 507 g/mol. The molecule has 196 valence electrons. The normalized spacial score (nSPS) is 13.8. The molecule has 4 aromatic rings. The first-order chi connectivity index (χ1) is 18.2. The highest BCUT2D eigenvalue weighted by Gasteiger charge is 2.29. The minimum Gasteiger partial charge on any atom is -0.457 e. The number of hydrogen-bond acceptors (Lipinski definition) is 5. The quantitative estimate of drug-likeness (QED) is 0.311. The van der Waals surface area contributed by atoms with Crippen LogP contribution >= 0.6 is 0 Å². The number of halogens is 1. The number of carbonyl (C=O) groups excluding carboxylic acids is 1. The number of allylic oxidation sites excluding steroid dienone is 1. The van der Waals surface area contributed by atoms with Crippen molar-refractivity contribution in [2.75, 3.05) is 23.7 Å². The molecular formula is C29H27FN2O5S. The lowest BCUT2D eigenvalue weighted by molar-refractivity contribution is 0.0957. The van der Waals surface area contributed by atoms with Gasteiger partial charge in [0.25, 0.3) is 5.91 Å². The zero-order chi connectivity index (χ0) is 27.0. The monoisotopic (exact) mass is 534 g/mol. The van der Waals surface area contributed by atoms with E-state index in [1.807, 2.05) is 6.92 Å². The number of nitrogens with one attached hydrogen (secondary N) is 1. The summed E-state index contributed by atoms with van der Waals surface area (Å²) in [6.45, 7) is 6.77. The van der Waals surface area contributed by atoms with Gasteiger partial charge in [-0.3, -0.25) is 9.10 Å². The first-order valence-electron chi connectivity index (χ1n) is 12.2. The second-order valence-corrected chi connectivity index (χ2v) is 11.1. The van der Waals surface area contributed by atoms with Crippen LogP contribution in [0, 0.1) is 5.82 Å². The van der Waals surface area contributed by atoms with Gasteiger partial charge in [0.05, 0.1) is 17.5 Å². The molecule has 1 aromatic heterocycles. The third-order valence-corrected chi connectivity index (χ3v) is 7.61. The summed E-state index contributed by atoms with van der Waals surface area (Å²) in [4.78, 5) is 13.2. The molecule has 0 saturated carbocycles. The predicted octanol–water partition coefficient (Wildman–Crippen LogP) is 6.35. The summed E-state index contributed by atoms with van der Waals surface area (Å²) in [7, 11) is -3.53. The minimum atomic E-state index is -3.53. The Morgan fingerprint density at radius 3 is 2.39 bits per heavy atom. The molecule has 7 nitrogen and oxygen atoms in total. The molecule has 9 heteroatoms. The van der Waals surface area contributed by atoms with Gasteiger partial charge in [-0.2, -0.15) is 0 Å². The lowest BCUT2D eigenvalue weighted by Gasteiger charge is -2.22. The number of carbonyl (C=O) groups is 1. The number of sulfonamides is 1. The van der Waals surface area contributed by atoms with Crippen molar-refractivity contribution in [2.45, 2.75) is 19.8 Å². The van der Waals surface area contributed by atoms with Crippen LogP contribution in [0.3, 0.4) is 0 Å². The number of rotatable bonds is 6. The van der Waals surface area contributed by atoms with E-state index in [2.05, 4.69) is 11.9 Å². The smallest absolute Gasteiger partial charge is 0.255 e. The summed E-state index contributed by atoms with van der Waals surface area (Å²) in [5.74, 6) is 0.727. The van der Waals surface area contributed by atoms with E-state index in [0.29, 0.717) is 76.5 Å². The fourth-order valence-electron chi connectivity index (χ4n) is 4.65. The van der Waals surface area contributed by atoms with Crippen LogP contribution < -0.4 is 14.4 Å². The molecule has 0 spiro atoms. The van der Waals surface area contributed by atoms with Crippen LogP contribution in [-0.4, -0.2) is 33.7 Å². The van der Waals surface area contributed by atoms with E-state index >= 15 is 0 Å². The number of hydrogen-bond donors (Lipinski definition) is 1. The molecule has 1 N–H and O–H groups in total.